The molecule has 0 N–H and O–H groups in total. The minimum absolute atomic E-state index is 0.214. The Hall–Kier alpha value is -0.660. The number of carbonyl (C=O) groups excluding carboxylic acids is 2. The van der Waals surface area contributed by atoms with Crippen molar-refractivity contribution in [2.24, 2.45) is 11.8 Å². The molecule has 2 saturated carbocycles. The number of rotatable bonds is 2. The van der Waals surface area contributed by atoms with Gasteiger partial charge in [-0.2, -0.15) is 0 Å². The van der Waals surface area contributed by atoms with Gasteiger partial charge in [0.05, 0.1) is 0 Å². The van der Waals surface area contributed by atoms with Crippen LogP contribution in [0.5, 0.6) is 0 Å². The Morgan fingerprint density at radius 1 is 0.800 bits per heavy atom. The number of hydrogen-bond donors (Lipinski definition) is 0. The van der Waals surface area contributed by atoms with Gasteiger partial charge in [-0.15, -0.1) is 0 Å². The molecule has 0 aromatic carbocycles. The Morgan fingerprint density at radius 3 is 1.67 bits per heavy atom. The summed E-state index contributed by atoms with van der Waals surface area (Å²) in [4.78, 5) is 23.3. The second-order valence-corrected chi connectivity index (χ2v) is 5.05. The van der Waals surface area contributed by atoms with E-state index in [1.54, 1.807) is 0 Å². The Morgan fingerprint density at radius 2 is 1.27 bits per heavy atom. The summed E-state index contributed by atoms with van der Waals surface area (Å²) in [6, 6.07) is 0. The molecule has 2 nitrogen and oxygen atoms in total. The third-order valence-electron chi connectivity index (χ3n) is 3.93. The van der Waals surface area contributed by atoms with E-state index in [2.05, 4.69) is 0 Å². The Bertz CT molecular complexity index is 231. The number of Topliss-reactive ketones (excluding diaryl/α,β-unsaturated/α-hetero) is 2. The van der Waals surface area contributed by atoms with E-state index in [1.807, 2.05) is 0 Å². The molecule has 2 aliphatic rings. The molecule has 0 bridgehead atoms. The summed E-state index contributed by atoms with van der Waals surface area (Å²) in [5.74, 6) is 1.26. The summed E-state index contributed by atoms with van der Waals surface area (Å²) in [5, 5.41) is 0. The summed E-state index contributed by atoms with van der Waals surface area (Å²) >= 11 is 0. The van der Waals surface area contributed by atoms with Crippen molar-refractivity contribution in [1.29, 1.82) is 0 Å². The SMILES string of the molecule is O=C1CCCC[C@H]1C[C@@H]1CCCCC1=O. The van der Waals surface area contributed by atoms with Crippen molar-refractivity contribution in [3.63, 3.8) is 0 Å². The van der Waals surface area contributed by atoms with Gasteiger partial charge in [-0.1, -0.05) is 12.8 Å². The van der Waals surface area contributed by atoms with Crippen LogP contribution in [0.1, 0.15) is 57.8 Å². The van der Waals surface area contributed by atoms with Gasteiger partial charge >= 0.3 is 0 Å². The molecule has 0 saturated heterocycles. The first-order valence-electron chi connectivity index (χ1n) is 6.33. The highest BCUT2D eigenvalue weighted by Crippen LogP contribution is 2.31. The highest BCUT2D eigenvalue weighted by atomic mass is 16.1. The molecule has 15 heavy (non-hydrogen) atoms. The van der Waals surface area contributed by atoms with Crippen molar-refractivity contribution in [1.82, 2.24) is 0 Å². The summed E-state index contributed by atoms with van der Waals surface area (Å²) in [6.45, 7) is 0. The minimum atomic E-state index is 0.214. The maximum atomic E-state index is 11.7. The van der Waals surface area contributed by atoms with E-state index in [0.717, 1.165) is 44.9 Å². The summed E-state index contributed by atoms with van der Waals surface area (Å²) in [7, 11) is 0. The first kappa shape index (κ1) is 10.8. The van der Waals surface area contributed by atoms with Crippen LogP contribution in [0.2, 0.25) is 0 Å². The molecule has 2 fully saturated rings. The van der Waals surface area contributed by atoms with Gasteiger partial charge in [0.1, 0.15) is 11.6 Å². The topological polar surface area (TPSA) is 34.1 Å². The molecule has 0 radical (unpaired) electrons. The van der Waals surface area contributed by atoms with E-state index in [1.165, 1.54) is 12.8 Å². The van der Waals surface area contributed by atoms with E-state index in [4.69, 9.17) is 0 Å². The lowest BCUT2D eigenvalue weighted by molar-refractivity contribution is -0.128. The first-order chi connectivity index (χ1) is 7.27. The lowest BCUT2D eigenvalue weighted by atomic mass is 9.76. The Labute approximate surface area is 91.4 Å². The van der Waals surface area contributed by atoms with Crippen molar-refractivity contribution in [3.8, 4) is 0 Å². The normalized spacial score (nSPS) is 33.1. The maximum absolute atomic E-state index is 11.7. The molecule has 0 aromatic rings. The van der Waals surface area contributed by atoms with E-state index in [-0.39, 0.29) is 11.8 Å². The minimum Gasteiger partial charge on any atom is -0.299 e. The van der Waals surface area contributed by atoms with Gasteiger partial charge in [0.2, 0.25) is 0 Å². The molecule has 2 heteroatoms. The third kappa shape index (κ3) is 2.67. The van der Waals surface area contributed by atoms with Crippen LogP contribution >= 0.6 is 0 Å². The van der Waals surface area contributed by atoms with Gasteiger partial charge in [-0.05, 0) is 32.1 Å². The maximum Gasteiger partial charge on any atom is 0.135 e. The van der Waals surface area contributed by atoms with Crippen molar-refractivity contribution in [2.45, 2.75) is 57.8 Å². The van der Waals surface area contributed by atoms with Crippen molar-refractivity contribution in [2.75, 3.05) is 0 Å². The molecule has 0 amide bonds. The highest BCUT2D eigenvalue weighted by Gasteiger charge is 2.29. The average Bonchev–Trinajstić information content (AvgIpc) is 2.24. The molecule has 2 aliphatic carbocycles. The van der Waals surface area contributed by atoms with Crippen LogP contribution in [0.4, 0.5) is 0 Å². The van der Waals surface area contributed by atoms with Crippen LogP contribution in [-0.4, -0.2) is 11.6 Å². The monoisotopic (exact) mass is 208 g/mol. The Balaban J connectivity index is 1.89. The third-order valence-corrected chi connectivity index (χ3v) is 3.93. The number of carbonyl (C=O) groups is 2. The quantitative estimate of drug-likeness (QED) is 0.699. The van der Waals surface area contributed by atoms with Crippen molar-refractivity contribution < 1.29 is 9.59 Å². The van der Waals surface area contributed by atoms with Gasteiger partial charge in [-0.25, -0.2) is 0 Å². The zero-order chi connectivity index (χ0) is 10.7. The molecular formula is C13H20O2. The smallest absolute Gasteiger partial charge is 0.135 e. The van der Waals surface area contributed by atoms with Crippen LogP contribution in [0.25, 0.3) is 0 Å². The van der Waals surface area contributed by atoms with Crippen LogP contribution in [0.15, 0.2) is 0 Å². The largest absolute Gasteiger partial charge is 0.299 e. The molecular weight excluding hydrogens is 188 g/mol. The lowest BCUT2D eigenvalue weighted by Gasteiger charge is -2.27. The molecule has 2 atom stereocenters. The van der Waals surface area contributed by atoms with Gasteiger partial charge in [-0.3, -0.25) is 9.59 Å². The number of ketones is 2. The summed E-state index contributed by atoms with van der Waals surface area (Å²) < 4.78 is 0. The predicted octanol–water partition coefficient (Wildman–Crippen LogP) is 2.90. The zero-order valence-corrected chi connectivity index (χ0v) is 9.34. The molecule has 2 rings (SSSR count). The second kappa shape index (κ2) is 4.91. The van der Waals surface area contributed by atoms with Crippen LogP contribution in [-0.2, 0) is 9.59 Å². The first-order valence-corrected chi connectivity index (χ1v) is 6.33. The molecule has 0 heterocycles. The number of hydrogen-bond acceptors (Lipinski definition) is 2. The standard InChI is InChI=1S/C13H20O2/c14-12-7-3-1-5-10(12)9-11-6-2-4-8-13(11)15/h10-11H,1-9H2/t10-,11-/m0/s1. The van der Waals surface area contributed by atoms with E-state index < -0.39 is 0 Å². The fourth-order valence-corrected chi connectivity index (χ4v) is 2.95. The molecule has 0 unspecified atom stereocenters. The zero-order valence-electron chi connectivity index (χ0n) is 9.34. The van der Waals surface area contributed by atoms with E-state index in [9.17, 15) is 9.59 Å². The van der Waals surface area contributed by atoms with Crippen molar-refractivity contribution >= 4 is 11.6 Å². The summed E-state index contributed by atoms with van der Waals surface area (Å²) in [5.41, 5.74) is 0. The van der Waals surface area contributed by atoms with E-state index in [0.29, 0.717) is 11.6 Å². The van der Waals surface area contributed by atoms with Crippen LogP contribution in [0, 0.1) is 11.8 Å². The summed E-state index contributed by atoms with van der Waals surface area (Å²) in [6.07, 6.45) is 8.91. The van der Waals surface area contributed by atoms with Crippen molar-refractivity contribution in [3.05, 3.63) is 0 Å². The van der Waals surface area contributed by atoms with Gasteiger partial charge in [0.25, 0.3) is 0 Å². The fourth-order valence-electron chi connectivity index (χ4n) is 2.95. The fraction of sp³-hybridized carbons (Fsp3) is 0.846. The van der Waals surface area contributed by atoms with Gasteiger partial charge in [0, 0.05) is 24.7 Å². The molecule has 0 aromatic heterocycles. The molecule has 0 spiro atoms. The van der Waals surface area contributed by atoms with Gasteiger partial charge in [0.15, 0.2) is 0 Å². The van der Waals surface area contributed by atoms with E-state index >= 15 is 0 Å². The molecule has 84 valence electrons. The highest BCUT2D eigenvalue weighted by molar-refractivity contribution is 5.84. The molecule has 0 aliphatic heterocycles. The average molecular weight is 208 g/mol. The second-order valence-electron chi connectivity index (χ2n) is 5.05. The lowest BCUT2D eigenvalue weighted by Crippen LogP contribution is -2.27. The predicted molar refractivity (Wildman–Crippen MR) is 58.5 cm³/mol. The van der Waals surface area contributed by atoms with Gasteiger partial charge < -0.3 is 0 Å². The van der Waals surface area contributed by atoms with Crippen LogP contribution < -0.4 is 0 Å². The Kier molecular flexibility index (Phi) is 3.55. The van der Waals surface area contributed by atoms with Crippen LogP contribution in [0.3, 0.4) is 0 Å².